The molecule has 7 heteroatoms. The van der Waals surface area contributed by atoms with Gasteiger partial charge in [-0.3, -0.25) is 9.69 Å². The van der Waals surface area contributed by atoms with Gasteiger partial charge in [-0.1, -0.05) is 11.6 Å². The van der Waals surface area contributed by atoms with Crippen molar-refractivity contribution in [2.75, 3.05) is 19.6 Å². The van der Waals surface area contributed by atoms with Gasteiger partial charge in [0.05, 0.1) is 11.5 Å². The fourth-order valence-corrected chi connectivity index (χ4v) is 4.23. The van der Waals surface area contributed by atoms with Crippen LogP contribution in [0.5, 0.6) is 0 Å². The van der Waals surface area contributed by atoms with Crippen LogP contribution >= 0.6 is 11.6 Å². The van der Waals surface area contributed by atoms with Crippen LogP contribution < -0.4 is 5.32 Å². The maximum absolute atomic E-state index is 12.5. The van der Waals surface area contributed by atoms with Crippen LogP contribution in [0.25, 0.3) is 11.4 Å². The van der Waals surface area contributed by atoms with E-state index in [0.717, 1.165) is 30.5 Å². The minimum atomic E-state index is -0.680. The number of piperidine rings is 2. The van der Waals surface area contributed by atoms with Gasteiger partial charge in [-0.05, 0) is 43.5 Å². The molecule has 0 aliphatic carbocycles. The van der Waals surface area contributed by atoms with Crippen LogP contribution in [0.1, 0.15) is 24.8 Å². The molecule has 0 saturated carbocycles. The zero-order valence-electron chi connectivity index (χ0n) is 15.1. The predicted octanol–water partition coefficient (Wildman–Crippen LogP) is 2.26. The van der Waals surface area contributed by atoms with Crippen LogP contribution in [0.15, 0.2) is 36.7 Å². The van der Waals surface area contributed by atoms with E-state index in [4.69, 9.17) is 11.6 Å². The Morgan fingerprint density at radius 3 is 2.70 bits per heavy atom. The van der Waals surface area contributed by atoms with Crippen molar-refractivity contribution in [3.8, 4) is 11.4 Å². The Balaban J connectivity index is 1.46. The van der Waals surface area contributed by atoms with Gasteiger partial charge in [0.15, 0.2) is 5.82 Å². The van der Waals surface area contributed by atoms with E-state index in [0.29, 0.717) is 36.9 Å². The molecule has 0 radical (unpaired) electrons. The number of aromatic nitrogens is 2. The van der Waals surface area contributed by atoms with E-state index in [1.807, 2.05) is 36.7 Å². The third-order valence-electron chi connectivity index (χ3n) is 5.61. The van der Waals surface area contributed by atoms with Gasteiger partial charge in [0.1, 0.15) is 0 Å². The molecule has 27 heavy (non-hydrogen) atoms. The summed E-state index contributed by atoms with van der Waals surface area (Å²) in [6.07, 6.45) is 5.35. The number of likely N-dealkylation sites (tertiary alicyclic amines) is 1. The van der Waals surface area contributed by atoms with E-state index >= 15 is 0 Å². The molecule has 3 heterocycles. The van der Waals surface area contributed by atoms with Gasteiger partial charge in [-0.15, -0.1) is 0 Å². The first kappa shape index (κ1) is 18.3. The summed E-state index contributed by atoms with van der Waals surface area (Å²) in [7, 11) is 0. The number of nitrogens with zero attached hydrogens (tertiary/aromatic N) is 3. The fourth-order valence-electron chi connectivity index (χ4n) is 4.11. The van der Waals surface area contributed by atoms with E-state index in [2.05, 4.69) is 20.2 Å². The topological polar surface area (TPSA) is 78.4 Å². The lowest BCUT2D eigenvalue weighted by molar-refractivity contribution is -0.149. The Bertz CT molecular complexity index is 812. The molecule has 4 rings (SSSR count). The van der Waals surface area contributed by atoms with E-state index in [1.165, 1.54) is 0 Å². The number of amides is 1. The molecule has 1 spiro atoms. The lowest BCUT2D eigenvalue weighted by atomic mass is 9.71. The van der Waals surface area contributed by atoms with Gasteiger partial charge >= 0.3 is 0 Å². The van der Waals surface area contributed by atoms with Crippen molar-refractivity contribution in [2.24, 2.45) is 5.41 Å². The average Bonchev–Trinajstić information content (AvgIpc) is 2.68. The standard InChI is InChI=1S/C20H23ClN4O2/c21-16-4-2-15(3-5-16)18-23-10-14(11-24-18)12-25-9-6-17(26)20(13-25)7-1-8-22-19(20)27/h2-5,10-11,17,26H,1,6-9,12-13H2,(H,22,27)/t17-,20-/m1/s1. The lowest BCUT2D eigenvalue weighted by Gasteiger charge is -2.46. The van der Waals surface area contributed by atoms with Gasteiger partial charge in [-0.25, -0.2) is 9.97 Å². The molecule has 1 aromatic carbocycles. The number of aliphatic hydroxyl groups is 1. The Kier molecular flexibility index (Phi) is 5.12. The number of hydrogen-bond acceptors (Lipinski definition) is 5. The van der Waals surface area contributed by atoms with Crippen LogP contribution in [0, 0.1) is 5.41 Å². The highest BCUT2D eigenvalue weighted by Gasteiger charge is 2.49. The number of benzene rings is 1. The van der Waals surface area contributed by atoms with Gasteiger partial charge in [0.25, 0.3) is 0 Å². The monoisotopic (exact) mass is 386 g/mol. The van der Waals surface area contributed by atoms with Crippen LogP contribution in [0.4, 0.5) is 0 Å². The summed E-state index contributed by atoms with van der Waals surface area (Å²) in [6, 6.07) is 7.44. The Hall–Kier alpha value is -2.02. The van der Waals surface area contributed by atoms with Crippen molar-refractivity contribution in [2.45, 2.75) is 31.9 Å². The number of rotatable bonds is 3. The van der Waals surface area contributed by atoms with Gasteiger partial charge < -0.3 is 10.4 Å². The van der Waals surface area contributed by atoms with Crippen LogP contribution in [-0.4, -0.2) is 51.6 Å². The maximum atomic E-state index is 12.5. The Labute approximate surface area is 163 Å². The maximum Gasteiger partial charge on any atom is 0.230 e. The van der Waals surface area contributed by atoms with Crippen molar-refractivity contribution in [1.82, 2.24) is 20.2 Å². The number of carbonyl (C=O) groups excluding carboxylic acids is 1. The quantitative estimate of drug-likeness (QED) is 0.846. The third-order valence-corrected chi connectivity index (χ3v) is 5.87. The second-order valence-electron chi connectivity index (χ2n) is 7.45. The third kappa shape index (κ3) is 3.70. The van der Waals surface area contributed by atoms with Crippen molar-refractivity contribution in [3.63, 3.8) is 0 Å². The molecular weight excluding hydrogens is 364 g/mol. The minimum Gasteiger partial charge on any atom is -0.392 e. The largest absolute Gasteiger partial charge is 0.392 e. The van der Waals surface area contributed by atoms with Crippen molar-refractivity contribution in [3.05, 3.63) is 47.2 Å². The smallest absolute Gasteiger partial charge is 0.230 e. The summed E-state index contributed by atoms with van der Waals surface area (Å²) in [5.41, 5.74) is 1.24. The predicted molar refractivity (Wildman–Crippen MR) is 103 cm³/mol. The number of aliphatic hydroxyl groups excluding tert-OH is 1. The number of halogens is 1. The minimum absolute atomic E-state index is 0.0136. The first-order valence-electron chi connectivity index (χ1n) is 9.32. The van der Waals surface area contributed by atoms with E-state index < -0.39 is 11.5 Å². The van der Waals surface area contributed by atoms with Crippen molar-refractivity contribution >= 4 is 17.5 Å². The molecule has 2 N–H and O–H groups in total. The van der Waals surface area contributed by atoms with Gasteiger partial charge in [-0.2, -0.15) is 0 Å². The fraction of sp³-hybridized carbons (Fsp3) is 0.450. The van der Waals surface area contributed by atoms with Gasteiger partial charge in [0, 0.05) is 54.7 Å². The Morgan fingerprint density at radius 2 is 2.00 bits per heavy atom. The summed E-state index contributed by atoms with van der Waals surface area (Å²) < 4.78 is 0. The summed E-state index contributed by atoms with van der Waals surface area (Å²) in [4.78, 5) is 23.6. The first-order valence-corrected chi connectivity index (χ1v) is 9.70. The number of carbonyl (C=O) groups is 1. The highest BCUT2D eigenvalue weighted by atomic mass is 35.5. The summed E-state index contributed by atoms with van der Waals surface area (Å²) in [5, 5.41) is 14.1. The molecule has 6 nitrogen and oxygen atoms in total. The molecule has 2 aliphatic rings. The molecule has 142 valence electrons. The molecule has 1 aromatic heterocycles. The lowest BCUT2D eigenvalue weighted by Crippen LogP contribution is -2.61. The molecule has 0 unspecified atom stereocenters. The van der Waals surface area contributed by atoms with E-state index in [1.54, 1.807) is 0 Å². The van der Waals surface area contributed by atoms with E-state index in [9.17, 15) is 9.90 Å². The van der Waals surface area contributed by atoms with Crippen LogP contribution in [0.3, 0.4) is 0 Å². The van der Waals surface area contributed by atoms with Crippen LogP contribution in [0.2, 0.25) is 5.02 Å². The molecule has 2 aliphatic heterocycles. The molecule has 2 atom stereocenters. The number of hydrogen-bond donors (Lipinski definition) is 2. The zero-order valence-corrected chi connectivity index (χ0v) is 15.8. The average molecular weight is 387 g/mol. The highest BCUT2D eigenvalue weighted by Crippen LogP contribution is 2.37. The zero-order chi connectivity index (χ0) is 18.9. The van der Waals surface area contributed by atoms with Crippen molar-refractivity contribution in [1.29, 1.82) is 0 Å². The molecule has 2 saturated heterocycles. The molecule has 0 bridgehead atoms. The summed E-state index contributed by atoms with van der Waals surface area (Å²) in [5.74, 6) is 0.646. The van der Waals surface area contributed by atoms with Crippen LogP contribution in [-0.2, 0) is 11.3 Å². The molecule has 2 aromatic rings. The summed E-state index contributed by atoms with van der Waals surface area (Å²) >= 11 is 5.92. The second-order valence-corrected chi connectivity index (χ2v) is 7.89. The molecule has 2 fully saturated rings. The second kappa shape index (κ2) is 7.54. The number of nitrogens with one attached hydrogen (secondary N) is 1. The highest BCUT2D eigenvalue weighted by molar-refractivity contribution is 6.30. The first-order chi connectivity index (χ1) is 13.1. The Morgan fingerprint density at radius 1 is 1.26 bits per heavy atom. The molecular formula is C20H23ClN4O2. The SMILES string of the molecule is O=C1NCCC[C@]12CN(Cc1cnc(-c3ccc(Cl)cc3)nc1)CC[C@H]2O. The van der Waals surface area contributed by atoms with Gasteiger partial charge in [0.2, 0.25) is 5.91 Å². The van der Waals surface area contributed by atoms with Crippen molar-refractivity contribution < 1.29 is 9.90 Å². The summed E-state index contributed by atoms with van der Waals surface area (Å²) in [6.45, 7) is 2.70. The normalized spacial score (nSPS) is 26.1. The van der Waals surface area contributed by atoms with E-state index in [-0.39, 0.29) is 5.91 Å². The molecule has 1 amide bonds.